The Kier molecular flexibility index (Phi) is 4.22. The lowest BCUT2D eigenvalue weighted by Gasteiger charge is -2.15. The molecule has 0 amide bonds. The molecule has 0 atom stereocenters. The third-order valence-electron chi connectivity index (χ3n) is 3.82. The van der Waals surface area contributed by atoms with Crippen LogP contribution in [0.2, 0.25) is 5.15 Å². The number of nitrogen functional groups attached to an aromatic ring is 1. The van der Waals surface area contributed by atoms with Crippen molar-refractivity contribution in [3.8, 4) is 5.75 Å². The summed E-state index contributed by atoms with van der Waals surface area (Å²) in [4.78, 5) is 8.06. The van der Waals surface area contributed by atoms with Gasteiger partial charge >= 0.3 is 0 Å². The normalized spacial score (nSPS) is 11.2. The molecule has 24 heavy (non-hydrogen) atoms. The van der Waals surface area contributed by atoms with Gasteiger partial charge in [-0.05, 0) is 13.8 Å². The van der Waals surface area contributed by atoms with Gasteiger partial charge < -0.3 is 15.7 Å². The summed E-state index contributed by atoms with van der Waals surface area (Å²) in [6, 6.07) is 0. The summed E-state index contributed by atoms with van der Waals surface area (Å²) in [6.45, 7) is 3.82. The quantitative estimate of drug-likeness (QED) is 0.305. The Bertz CT molecular complexity index is 959. The first-order valence-electron chi connectivity index (χ1n) is 6.94. The minimum absolute atomic E-state index is 0.0450. The minimum Gasteiger partial charge on any atom is -0.618 e. The summed E-state index contributed by atoms with van der Waals surface area (Å²) < 4.78 is 8.18. The lowest BCUT2D eigenvalue weighted by Crippen LogP contribution is -2.37. The molecule has 0 fully saturated rings. The zero-order chi connectivity index (χ0) is 17.6. The van der Waals surface area contributed by atoms with Crippen LogP contribution in [-0.4, -0.2) is 26.9 Å². The van der Waals surface area contributed by atoms with Crippen LogP contribution < -0.4 is 15.2 Å². The number of pyridine rings is 1. The van der Waals surface area contributed by atoms with Gasteiger partial charge in [-0.2, -0.15) is 14.8 Å². The highest BCUT2D eigenvalue weighted by Crippen LogP contribution is 2.29. The zero-order valence-corrected chi connectivity index (χ0v) is 15.5. The van der Waals surface area contributed by atoms with Crippen LogP contribution in [0.15, 0.2) is 10.8 Å². The fourth-order valence-corrected chi connectivity index (χ4v) is 3.23. The molecule has 126 valence electrons. The van der Waals surface area contributed by atoms with Crippen molar-refractivity contribution in [2.75, 3.05) is 12.8 Å². The predicted molar refractivity (Wildman–Crippen MR) is 93.0 cm³/mol. The van der Waals surface area contributed by atoms with Crippen LogP contribution in [0.25, 0.3) is 11.0 Å². The van der Waals surface area contributed by atoms with Gasteiger partial charge in [0.15, 0.2) is 5.65 Å². The predicted octanol–water partition coefficient (Wildman–Crippen LogP) is 2.13. The van der Waals surface area contributed by atoms with Crippen LogP contribution in [0.3, 0.4) is 0 Å². The third kappa shape index (κ3) is 2.53. The summed E-state index contributed by atoms with van der Waals surface area (Å²) in [7, 11) is 1.57. The Morgan fingerprint density at radius 1 is 1.38 bits per heavy atom. The summed E-state index contributed by atoms with van der Waals surface area (Å²) in [5.74, 6) is 0.691. The molecule has 3 heterocycles. The number of halogens is 2. The molecule has 0 saturated heterocycles. The Balaban J connectivity index is 2.18. The molecule has 0 aliphatic carbocycles. The van der Waals surface area contributed by atoms with Crippen molar-refractivity contribution in [3.63, 3.8) is 0 Å². The average molecular weight is 414 g/mol. The Labute approximate surface area is 150 Å². The van der Waals surface area contributed by atoms with E-state index < -0.39 is 0 Å². The first-order chi connectivity index (χ1) is 11.3. The zero-order valence-electron chi connectivity index (χ0n) is 13.2. The van der Waals surface area contributed by atoms with E-state index in [1.165, 1.54) is 0 Å². The fraction of sp³-hybridized carbons (Fsp3) is 0.286. The van der Waals surface area contributed by atoms with Crippen LogP contribution in [0.5, 0.6) is 5.75 Å². The molecule has 0 bridgehead atoms. The van der Waals surface area contributed by atoms with Crippen LogP contribution in [0.4, 0.5) is 5.95 Å². The molecule has 0 aliphatic rings. The Morgan fingerprint density at radius 2 is 2.08 bits per heavy atom. The second-order valence-corrected chi connectivity index (χ2v) is 6.34. The van der Waals surface area contributed by atoms with Gasteiger partial charge in [0.25, 0.3) is 4.60 Å². The maximum Gasteiger partial charge on any atom is 0.266 e. The number of hydrogen-bond acceptors (Lipinski definition) is 6. The van der Waals surface area contributed by atoms with Crippen molar-refractivity contribution in [2.24, 2.45) is 0 Å². The van der Waals surface area contributed by atoms with E-state index in [0.29, 0.717) is 27.1 Å². The van der Waals surface area contributed by atoms with Crippen molar-refractivity contribution < 1.29 is 9.47 Å². The topological polar surface area (TPSA) is 106 Å². The monoisotopic (exact) mass is 412 g/mol. The van der Waals surface area contributed by atoms with Crippen molar-refractivity contribution in [3.05, 3.63) is 38.0 Å². The number of aromatic nitrogens is 5. The number of rotatable bonds is 3. The summed E-state index contributed by atoms with van der Waals surface area (Å²) >= 11 is 9.36. The molecule has 0 unspecified atom stereocenters. The number of hydrogen-bond donors (Lipinski definition) is 1. The van der Waals surface area contributed by atoms with E-state index in [4.69, 9.17) is 22.1 Å². The second-order valence-electron chi connectivity index (χ2n) is 5.23. The van der Waals surface area contributed by atoms with E-state index in [-0.39, 0.29) is 17.6 Å². The number of anilines is 1. The largest absolute Gasteiger partial charge is 0.618 e. The molecule has 0 radical (unpaired) electrons. The van der Waals surface area contributed by atoms with E-state index in [1.54, 1.807) is 18.0 Å². The number of nitrogens with two attached hydrogens (primary N) is 1. The Hall–Kier alpha value is -2.13. The first-order valence-corrected chi connectivity index (χ1v) is 8.11. The molecule has 8 nitrogen and oxygen atoms in total. The van der Waals surface area contributed by atoms with Crippen LogP contribution in [-0.2, 0) is 6.54 Å². The maximum atomic E-state index is 12.6. The van der Waals surface area contributed by atoms with Gasteiger partial charge in [-0.25, -0.2) is 9.67 Å². The van der Waals surface area contributed by atoms with Gasteiger partial charge in [0.05, 0.1) is 29.8 Å². The number of ether oxygens (including phenoxy) is 1. The van der Waals surface area contributed by atoms with Gasteiger partial charge in [0.2, 0.25) is 11.6 Å². The minimum atomic E-state index is 0.0450. The van der Waals surface area contributed by atoms with Crippen molar-refractivity contribution in [1.29, 1.82) is 0 Å². The van der Waals surface area contributed by atoms with Gasteiger partial charge in [-0.1, -0.05) is 11.6 Å². The molecular weight excluding hydrogens is 400 g/mol. The summed E-state index contributed by atoms with van der Waals surface area (Å²) in [5, 5.41) is 17.6. The SMILES string of the molecule is COc1c(C)c(Br)[n+]([O-])c(Cn2ncc3c(Cl)nc(N)nc32)c1C. The lowest BCUT2D eigenvalue weighted by molar-refractivity contribution is -0.626. The molecule has 3 aromatic heterocycles. The number of fused-ring (bicyclic) bond motifs is 1. The van der Waals surface area contributed by atoms with Crippen LogP contribution in [0, 0.1) is 19.1 Å². The lowest BCUT2D eigenvalue weighted by atomic mass is 10.1. The molecule has 0 spiro atoms. The highest BCUT2D eigenvalue weighted by molar-refractivity contribution is 9.10. The smallest absolute Gasteiger partial charge is 0.266 e. The van der Waals surface area contributed by atoms with E-state index >= 15 is 0 Å². The van der Waals surface area contributed by atoms with E-state index in [9.17, 15) is 5.21 Å². The molecule has 3 rings (SSSR count). The first kappa shape index (κ1) is 16.7. The molecule has 0 aromatic carbocycles. The van der Waals surface area contributed by atoms with Crippen molar-refractivity contribution in [2.45, 2.75) is 20.4 Å². The van der Waals surface area contributed by atoms with Gasteiger partial charge in [-0.15, -0.1) is 0 Å². The van der Waals surface area contributed by atoms with E-state index in [0.717, 1.165) is 15.9 Å². The molecule has 3 aromatic rings. The molecule has 0 aliphatic heterocycles. The fourth-order valence-electron chi connectivity index (χ4n) is 2.61. The second kappa shape index (κ2) is 6.06. The number of nitrogens with zero attached hydrogens (tertiary/aromatic N) is 5. The van der Waals surface area contributed by atoms with Crippen LogP contribution >= 0.6 is 27.5 Å². The van der Waals surface area contributed by atoms with E-state index in [2.05, 4.69) is 31.0 Å². The molecule has 10 heteroatoms. The van der Waals surface area contributed by atoms with Gasteiger partial charge in [0.1, 0.15) is 17.4 Å². The molecule has 0 saturated carbocycles. The third-order valence-corrected chi connectivity index (χ3v) is 5.02. The summed E-state index contributed by atoms with van der Waals surface area (Å²) in [5.41, 5.74) is 8.05. The highest BCUT2D eigenvalue weighted by atomic mass is 79.9. The summed E-state index contributed by atoms with van der Waals surface area (Å²) in [6.07, 6.45) is 1.54. The standard InChI is InChI=1S/C14H14BrClN6O2/c1-6-9(22(23)11(15)7(2)10(6)24-3)5-21-13-8(4-18-21)12(16)19-14(17)20-13/h4H,5H2,1-3H3,(H2,17,19,20). The molecular formula is C14H14BrClN6O2. The Morgan fingerprint density at radius 3 is 2.75 bits per heavy atom. The van der Waals surface area contributed by atoms with Gasteiger partial charge in [0, 0.05) is 15.9 Å². The van der Waals surface area contributed by atoms with E-state index in [1.807, 2.05) is 13.8 Å². The van der Waals surface area contributed by atoms with Crippen LogP contribution in [0.1, 0.15) is 16.8 Å². The van der Waals surface area contributed by atoms with Crippen molar-refractivity contribution in [1.82, 2.24) is 19.7 Å². The highest BCUT2D eigenvalue weighted by Gasteiger charge is 2.24. The van der Waals surface area contributed by atoms with Gasteiger partial charge in [-0.3, -0.25) is 0 Å². The maximum absolute atomic E-state index is 12.6. The number of methoxy groups -OCH3 is 1. The average Bonchev–Trinajstić information content (AvgIpc) is 2.93. The molecule has 2 N–H and O–H groups in total. The van der Waals surface area contributed by atoms with Crippen molar-refractivity contribution >= 4 is 44.5 Å².